The van der Waals surface area contributed by atoms with Gasteiger partial charge in [0.1, 0.15) is 5.54 Å². The molecule has 0 bridgehead atoms. The number of anilines is 1. The van der Waals surface area contributed by atoms with Crippen LogP contribution in [0, 0.1) is 0 Å². The maximum atomic E-state index is 12.3. The topological polar surface area (TPSA) is 58.4 Å². The van der Waals surface area contributed by atoms with E-state index in [1.165, 1.54) is 0 Å². The Balaban J connectivity index is 1.88. The summed E-state index contributed by atoms with van der Waals surface area (Å²) in [4.78, 5) is 14.4. The van der Waals surface area contributed by atoms with E-state index in [9.17, 15) is 4.79 Å². The van der Waals surface area contributed by atoms with Gasteiger partial charge in [0.05, 0.1) is 0 Å². The summed E-state index contributed by atoms with van der Waals surface area (Å²) < 4.78 is 0. The molecule has 0 aliphatic heterocycles. The van der Waals surface area contributed by atoms with Crippen LogP contribution >= 0.6 is 0 Å². The summed E-state index contributed by atoms with van der Waals surface area (Å²) in [7, 11) is 2.00. The van der Waals surface area contributed by atoms with Crippen LogP contribution in [0.3, 0.4) is 0 Å². The van der Waals surface area contributed by atoms with Crippen molar-refractivity contribution in [1.82, 2.24) is 5.32 Å². The molecule has 0 aliphatic carbocycles. The number of carbonyl (C=O) groups is 1. The van der Waals surface area contributed by atoms with E-state index in [-0.39, 0.29) is 5.91 Å². The standard InChI is InChI=1S/C18H23N3O/c1-18(19,15-9-5-3-6-10-15)17(22)20-13-14-21(2)16-11-7-4-8-12-16/h3-12H,13-14,19H2,1-2H3,(H,20,22). The van der Waals surface area contributed by atoms with Gasteiger partial charge < -0.3 is 16.0 Å². The minimum absolute atomic E-state index is 0.167. The number of nitrogens with two attached hydrogens (primary N) is 1. The first-order valence-electron chi connectivity index (χ1n) is 7.40. The molecular weight excluding hydrogens is 274 g/mol. The van der Waals surface area contributed by atoms with Crippen molar-refractivity contribution < 1.29 is 4.79 Å². The van der Waals surface area contributed by atoms with Crippen LogP contribution in [0.4, 0.5) is 5.69 Å². The lowest BCUT2D eigenvalue weighted by Crippen LogP contribution is -2.50. The fourth-order valence-corrected chi connectivity index (χ4v) is 2.25. The molecule has 1 amide bonds. The average Bonchev–Trinajstić information content (AvgIpc) is 2.56. The van der Waals surface area contributed by atoms with Crippen molar-refractivity contribution in [2.24, 2.45) is 5.73 Å². The van der Waals surface area contributed by atoms with Gasteiger partial charge in [-0.1, -0.05) is 48.5 Å². The highest BCUT2D eigenvalue weighted by Gasteiger charge is 2.29. The summed E-state index contributed by atoms with van der Waals surface area (Å²) in [6, 6.07) is 19.5. The number of para-hydroxylation sites is 1. The van der Waals surface area contributed by atoms with Gasteiger partial charge in [-0.3, -0.25) is 4.79 Å². The molecule has 0 aliphatic rings. The van der Waals surface area contributed by atoms with Crippen molar-refractivity contribution in [3.05, 3.63) is 66.2 Å². The van der Waals surface area contributed by atoms with Crippen LogP contribution in [0.5, 0.6) is 0 Å². The fraction of sp³-hybridized carbons (Fsp3) is 0.278. The fourth-order valence-electron chi connectivity index (χ4n) is 2.25. The van der Waals surface area contributed by atoms with Crippen LogP contribution in [0.1, 0.15) is 12.5 Å². The maximum absolute atomic E-state index is 12.3. The minimum atomic E-state index is -1.02. The first-order chi connectivity index (χ1) is 10.5. The third-order valence-corrected chi connectivity index (χ3v) is 3.77. The monoisotopic (exact) mass is 297 g/mol. The molecule has 4 nitrogen and oxygen atoms in total. The van der Waals surface area contributed by atoms with Crippen molar-refractivity contribution in [3.63, 3.8) is 0 Å². The smallest absolute Gasteiger partial charge is 0.244 e. The van der Waals surface area contributed by atoms with Crippen molar-refractivity contribution in [1.29, 1.82) is 0 Å². The highest BCUT2D eigenvalue weighted by Crippen LogP contribution is 2.17. The first-order valence-corrected chi connectivity index (χ1v) is 7.40. The third-order valence-electron chi connectivity index (χ3n) is 3.77. The number of amides is 1. The average molecular weight is 297 g/mol. The molecule has 2 rings (SSSR count). The van der Waals surface area contributed by atoms with Gasteiger partial charge in [0, 0.05) is 25.8 Å². The molecule has 0 fully saturated rings. The molecule has 0 saturated heterocycles. The van der Waals surface area contributed by atoms with Gasteiger partial charge in [-0.25, -0.2) is 0 Å². The highest BCUT2D eigenvalue weighted by atomic mass is 16.2. The number of benzene rings is 2. The molecule has 22 heavy (non-hydrogen) atoms. The van der Waals surface area contributed by atoms with E-state index in [1.807, 2.05) is 67.7 Å². The summed E-state index contributed by atoms with van der Waals surface area (Å²) in [5.41, 5.74) is 7.09. The molecule has 1 unspecified atom stereocenters. The largest absolute Gasteiger partial charge is 0.373 e. The molecular formula is C18H23N3O. The second-order valence-corrected chi connectivity index (χ2v) is 5.58. The molecule has 3 N–H and O–H groups in total. The Morgan fingerprint density at radius 3 is 2.23 bits per heavy atom. The molecule has 0 spiro atoms. The SMILES string of the molecule is CN(CCNC(=O)C(C)(N)c1ccccc1)c1ccccc1. The van der Waals surface area contributed by atoms with E-state index in [2.05, 4.69) is 10.2 Å². The Morgan fingerprint density at radius 2 is 1.64 bits per heavy atom. The van der Waals surface area contributed by atoms with Crippen LogP contribution in [-0.2, 0) is 10.3 Å². The lowest BCUT2D eigenvalue weighted by molar-refractivity contribution is -0.126. The number of carbonyl (C=O) groups excluding carboxylic acids is 1. The van der Waals surface area contributed by atoms with Gasteiger partial charge in [0.2, 0.25) is 5.91 Å². The van der Waals surface area contributed by atoms with Gasteiger partial charge in [0.15, 0.2) is 0 Å². The quantitative estimate of drug-likeness (QED) is 0.858. The number of likely N-dealkylation sites (N-methyl/N-ethyl adjacent to an activating group) is 1. The number of nitrogens with zero attached hydrogens (tertiary/aromatic N) is 1. The van der Waals surface area contributed by atoms with Crippen molar-refractivity contribution >= 4 is 11.6 Å². The van der Waals surface area contributed by atoms with E-state index >= 15 is 0 Å². The van der Waals surface area contributed by atoms with Crippen molar-refractivity contribution in [3.8, 4) is 0 Å². The van der Waals surface area contributed by atoms with E-state index in [0.29, 0.717) is 6.54 Å². The second-order valence-electron chi connectivity index (χ2n) is 5.58. The third kappa shape index (κ3) is 3.86. The number of rotatable bonds is 6. The van der Waals surface area contributed by atoms with E-state index < -0.39 is 5.54 Å². The summed E-state index contributed by atoms with van der Waals surface area (Å²) in [5.74, 6) is -0.167. The molecule has 2 aromatic carbocycles. The van der Waals surface area contributed by atoms with Crippen LogP contribution in [-0.4, -0.2) is 26.0 Å². The summed E-state index contributed by atoms with van der Waals surface area (Å²) in [6.07, 6.45) is 0. The van der Waals surface area contributed by atoms with Gasteiger partial charge in [-0.15, -0.1) is 0 Å². The zero-order chi connectivity index (χ0) is 16.0. The summed E-state index contributed by atoms with van der Waals surface area (Å²) >= 11 is 0. The minimum Gasteiger partial charge on any atom is -0.373 e. The predicted molar refractivity (Wildman–Crippen MR) is 90.7 cm³/mol. The highest BCUT2D eigenvalue weighted by molar-refractivity contribution is 5.87. The summed E-state index contributed by atoms with van der Waals surface area (Å²) in [6.45, 7) is 3.00. The Bertz CT molecular complexity index is 596. The summed E-state index contributed by atoms with van der Waals surface area (Å²) in [5, 5.41) is 2.92. The van der Waals surface area contributed by atoms with E-state index in [0.717, 1.165) is 17.8 Å². The number of hydrogen-bond donors (Lipinski definition) is 2. The maximum Gasteiger partial charge on any atom is 0.244 e. The molecule has 116 valence electrons. The molecule has 0 aromatic heterocycles. The van der Waals surface area contributed by atoms with Crippen molar-refractivity contribution in [2.75, 3.05) is 25.0 Å². The molecule has 4 heteroatoms. The van der Waals surface area contributed by atoms with E-state index in [4.69, 9.17) is 5.73 Å². The van der Waals surface area contributed by atoms with E-state index in [1.54, 1.807) is 6.92 Å². The first kappa shape index (κ1) is 16.0. The zero-order valence-electron chi connectivity index (χ0n) is 13.1. The van der Waals surface area contributed by atoms with Gasteiger partial charge in [-0.2, -0.15) is 0 Å². The molecule has 2 aromatic rings. The van der Waals surface area contributed by atoms with Crippen molar-refractivity contribution in [2.45, 2.75) is 12.5 Å². The number of nitrogens with one attached hydrogen (secondary N) is 1. The van der Waals surface area contributed by atoms with Gasteiger partial charge in [-0.05, 0) is 24.6 Å². The number of hydrogen-bond acceptors (Lipinski definition) is 3. The lowest BCUT2D eigenvalue weighted by atomic mass is 9.92. The zero-order valence-corrected chi connectivity index (χ0v) is 13.1. The predicted octanol–water partition coefficient (Wildman–Crippen LogP) is 2.11. The Labute approximate surface area is 131 Å². The van der Waals surface area contributed by atoms with Gasteiger partial charge >= 0.3 is 0 Å². The lowest BCUT2D eigenvalue weighted by Gasteiger charge is -2.25. The Morgan fingerprint density at radius 1 is 1.09 bits per heavy atom. The molecule has 0 heterocycles. The normalized spacial score (nSPS) is 13.2. The Kier molecular flexibility index (Phi) is 5.17. The molecule has 0 saturated carbocycles. The Hall–Kier alpha value is -2.33. The van der Waals surface area contributed by atoms with Crippen LogP contribution in [0.25, 0.3) is 0 Å². The van der Waals surface area contributed by atoms with Crippen LogP contribution in [0.2, 0.25) is 0 Å². The molecule has 0 radical (unpaired) electrons. The second kappa shape index (κ2) is 7.09. The molecule has 1 atom stereocenters. The van der Waals surface area contributed by atoms with Crippen LogP contribution in [0.15, 0.2) is 60.7 Å². The van der Waals surface area contributed by atoms with Gasteiger partial charge in [0.25, 0.3) is 0 Å². The van der Waals surface area contributed by atoms with Crippen LogP contribution < -0.4 is 16.0 Å².